The van der Waals surface area contributed by atoms with Crippen LogP contribution in [0.25, 0.3) is 0 Å². The van der Waals surface area contributed by atoms with Crippen LogP contribution in [0.4, 0.5) is 0 Å². The van der Waals surface area contributed by atoms with Gasteiger partial charge in [0.1, 0.15) is 5.75 Å². The first-order chi connectivity index (χ1) is 6.19. The highest BCUT2D eigenvalue weighted by molar-refractivity contribution is 5.48. The SMILES string of the molecule is Cc1cc(O)cc(C#N)c1CC#N. The zero-order valence-corrected chi connectivity index (χ0v) is 7.20. The molecule has 64 valence electrons. The van der Waals surface area contributed by atoms with Gasteiger partial charge < -0.3 is 5.11 Å². The number of nitrogens with zero attached hydrogens (tertiary/aromatic N) is 2. The summed E-state index contributed by atoms with van der Waals surface area (Å²) < 4.78 is 0. The molecule has 0 unspecified atom stereocenters. The third kappa shape index (κ3) is 1.77. The highest BCUT2D eigenvalue weighted by Crippen LogP contribution is 2.20. The maximum absolute atomic E-state index is 9.18. The summed E-state index contributed by atoms with van der Waals surface area (Å²) in [6, 6.07) is 6.86. The molecular formula is C10H8N2O. The molecule has 0 aliphatic rings. The predicted molar refractivity (Wildman–Crippen MR) is 46.9 cm³/mol. The van der Waals surface area contributed by atoms with Crippen molar-refractivity contribution in [2.24, 2.45) is 0 Å². The Morgan fingerprint density at radius 1 is 1.38 bits per heavy atom. The largest absolute Gasteiger partial charge is 0.508 e. The summed E-state index contributed by atoms with van der Waals surface area (Å²) in [4.78, 5) is 0. The molecule has 0 saturated heterocycles. The molecule has 0 aliphatic carbocycles. The molecule has 1 aromatic carbocycles. The van der Waals surface area contributed by atoms with Gasteiger partial charge in [-0.1, -0.05) is 0 Å². The highest BCUT2D eigenvalue weighted by atomic mass is 16.3. The number of aromatic hydroxyl groups is 1. The van der Waals surface area contributed by atoms with E-state index in [0.29, 0.717) is 11.1 Å². The highest BCUT2D eigenvalue weighted by Gasteiger charge is 2.06. The van der Waals surface area contributed by atoms with Crippen LogP contribution >= 0.6 is 0 Å². The van der Waals surface area contributed by atoms with Crippen molar-refractivity contribution in [2.45, 2.75) is 13.3 Å². The van der Waals surface area contributed by atoms with Crippen LogP contribution in [0.5, 0.6) is 5.75 Å². The minimum Gasteiger partial charge on any atom is -0.508 e. The van der Waals surface area contributed by atoms with Crippen molar-refractivity contribution in [3.8, 4) is 17.9 Å². The average Bonchev–Trinajstić information content (AvgIpc) is 2.09. The Balaban J connectivity index is 3.34. The number of nitriles is 2. The van der Waals surface area contributed by atoms with Crippen molar-refractivity contribution >= 4 is 0 Å². The monoisotopic (exact) mass is 172 g/mol. The Morgan fingerprint density at radius 3 is 2.62 bits per heavy atom. The van der Waals surface area contributed by atoms with E-state index in [0.717, 1.165) is 5.56 Å². The summed E-state index contributed by atoms with van der Waals surface area (Å²) in [5.74, 6) is 0.0655. The van der Waals surface area contributed by atoms with E-state index < -0.39 is 0 Å². The quantitative estimate of drug-likeness (QED) is 0.700. The van der Waals surface area contributed by atoms with Crippen LogP contribution in [-0.4, -0.2) is 5.11 Å². The van der Waals surface area contributed by atoms with Crippen molar-refractivity contribution in [3.63, 3.8) is 0 Å². The van der Waals surface area contributed by atoms with E-state index in [-0.39, 0.29) is 12.2 Å². The minimum atomic E-state index is 0.0655. The molecule has 0 bridgehead atoms. The maximum Gasteiger partial charge on any atom is 0.117 e. The normalized spacial score (nSPS) is 8.85. The summed E-state index contributed by atoms with van der Waals surface area (Å²) in [6.07, 6.45) is 0.203. The summed E-state index contributed by atoms with van der Waals surface area (Å²) in [5.41, 5.74) is 1.85. The van der Waals surface area contributed by atoms with Gasteiger partial charge in [0.15, 0.2) is 0 Å². The number of hydrogen-bond acceptors (Lipinski definition) is 3. The second-order valence-electron chi connectivity index (χ2n) is 2.74. The maximum atomic E-state index is 9.18. The van der Waals surface area contributed by atoms with E-state index >= 15 is 0 Å². The fourth-order valence-corrected chi connectivity index (χ4v) is 1.21. The molecule has 0 saturated carbocycles. The van der Waals surface area contributed by atoms with Crippen molar-refractivity contribution < 1.29 is 5.11 Å². The lowest BCUT2D eigenvalue weighted by atomic mass is 10.00. The van der Waals surface area contributed by atoms with Gasteiger partial charge in [0.25, 0.3) is 0 Å². The van der Waals surface area contributed by atoms with E-state index in [1.54, 1.807) is 13.0 Å². The van der Waals surface area contributed by atoms with E-state index in [4.69, 9.17) is 10.5 Å². The molecule has 1 aromatic rings. The van der Waals surface area contributed by atoms with Gasteiger partial charge in [0, 0.05) is 0 Å². The van der Waals surface area contributed by atoms with Crippen LogP contribution in [0.2, 0.25) is 0 Å². The Bertz CT molecular complexity index is 410. The Morgan fingerprint density at radius 2 is 2.08 bits per heavy atom. The van der Waals surface area contributed by atoms with Crippen molar-refractivity contribution in [1.82, 2.24) is 0 Å². The lowest BCUT2D eigenvalue weighted by molar-refractivity contribution is 0.474. The summed E-state index contributed by atoms with van der Waals surface area (Å²) in [5, 5.41) is 26.4. The number of rotatable bonds is 1. The Kier molecular flexibility index (Phi) is 2.52. The average molecular weight is 172 g/mol. The molecule has 0 atom stereocenters. The summed E-state index contributed by atoms with van der Waals surface area (Å²) >= 11 is 0. The third-order valence-electron chi connectivity index (χ3n) is 1.83. The van der Waals surface area contributed by atoms with Gasteiger partial charge in [0.05, 0.1) is 24.1 Å². The van der Waals surface area contributed by atoms with E-state index in [9.17, 15) is 5.11 Å². The second-order valence-corrected chi connectivity index (χ2v) is 2.74. The third-order valence-corrected chi connectivity index (χ3v) is 1.83. The molecule has 0 aliphatic heterocycles. The van der Waals surface area contributed by atoms with Crippen LogP contribution in [0.15, 0.2) is 12.1 Å². The fraction of sp³-hybridized carbons (Fsp3) is 0.200. The molecule has 3 nitrogen and oxygen atoms in total. The van der Waals surface area contributed by atoms with Crippen LogP contribution in [0.3, 0.4) is 0 Å². The van der Waals surface area contributed by atoms with Gasteiger partial charge in [-0.2, -0.15) is 10.5 Å². The summed E-state index contributed by atoms with van der Waals surface area (Å²) in [7, 11) is 0. The standard InChI is InChI=1S/C10H8N2O/c1-7-4-9(13)5-8(6-12)10(7)2-3-11/h4-5,13H,2H2,1H3. The second kappa shape index (κ2) is 3.60. The molecule has 0 amide bonds. The molecular weight excluding hydrogens is 164 g/mol. The Hall–Kier alpha value is -2.00. The van der Waals surface area contributed by atoms with Crippen LogP contribution < -0.4 is 0 Å². The Labute approximate surface area is 76.5 Å². The first kappa shape index (κ1) is 9.09. The molecule has 0 aromatic heterocycles. The van der Waals surface area contributed by atoms with Crippen LogP contribution in [0, 0.1) is 29.6 Å². The number of phenolic OH excluding ortho intramolecular Hbond substituents is 1. The van der Waals surface area contributed by atoms with Crippen molar-refractivity contribution in [2.75, 3.05) is 0 Å². The zero-order chi connectivity index (χ0) is 9.84. The lowest BCUT2D eigenvalue weighted by Crippen LogP contribution is -1.92. The summed E-state index contributed by atoms with van der Waals surface area (Å²) in [6.45, 7) is 1.77. The molecule has 1 N–H and O–H groups in total. The van der Waals surface area contributed by atoms with Gasteiger partial charge >= 0.3 is 0 Å². The molecule has 0 fully saturated rings. The van der Waals surface area contributed by atoms with Gasteiger partial charge in [0.2, 0.25) is 0 Å². The fourth-order valence-electron chi connectivity index (χ4n) is 1.21. The van der Waals surface area contributed by atoms with Gasteiger partial charge in [-0.25, -0.2) is 0 Å². The van der Waals surface area contributed by atoms with Gasteiger partial charge in [-0.05, 0) is 30.2 Å². The van der Waals surface area contributed by atoms with Gasteiger partial charge in [-0.15, -0.1) is 0 Å². The molecule has 0 heterocycles. The minimum absolute atomic E-state index is 0.0655. The number of hydrogen-bond donors (Lipinski definition) is 1. The molecule has 3 heteroatoms. The number of aryl methyl sites for hydroxylation is 1. The van der Waals surface area contributed by atoms with E-state index in [1.165, 1.54) is 6.07 Å². The predicted octanol–water partition coefficient (Wildman–Crippen LogP) is 1.64. The molecule has 0 radical (unpaired) electrons. The lowest BCUT2D eigenvalue weighted by Gasteiger charge is -2.04. The van der Waals surface area contributed by atoms with Crippen LogP contribution in [0.1, 0.15) is 16.7 Å². The first-order valence-electron chi connectivity index (χ1n) is 3.78. The number of phenols is 1. The molecule has 13 heavy (non-hydrogen) atoms. The zero-order valence-electron chi connectivity index (χ0n) is 7.20. The van der Waals surface area contributed by atoms with Crippen molar-refractivity contribution in [3.05, 3.63) is 28.8 Å². The number of benzene rings is 1. The van der Waals surface area contributed by atoms with Crippen molar-refractivity contribution in [1.29, 1.82) is 10.5 Å². The topological polar surface area (TPSA) is 67.8 Å². The first-order valence-corrected chi connectivity index (χ1v) is 3.78. The smallest absolute Gasteiger partial charge is 0.117 e. The molecule has 0 spiro atoms. The van der Waals surface area contributed by atoms with E-state index in [2.05, 4.69) is 0 Å². The molecule has 1 rings (SSSR count). The van der Waals surface area contributed by atoms with E-state index in [1.807, 2.05) is 12.1 Å². The van der Waals surface area contributed by atoms with Crippen LogP contribution in [-0.2, 0) is 6.42 Å². The van der Waals surface area contributed by atoms with Gasteiger partial charge in [-0.3, -0.25) is 0 Å².